The van der Waals surface area contributed by atoms with E-state index in [1.807, 2.05) is 0 Å². The number of rotatable bonds is 2. The first-order chi connectivity index (χ1) is 7.75. The van der Waals surface area contributed by atoms with Gasteiger partial charge in [0.2, 0.25) is 0 Å². The monoisotopic (exact) mass is 217 g/mol. The predicted molar refractivity (Wildman–Crippen MR) is 60.5 cm³/mol. The maximum absolute atomic E-state index is 11.2. The minimum atomic E-state index is -0.770. The molecule has 3 nitrogen and oxygen atoms in total. The van der Waals surface area contributed by atoms with Gasteiger partial charge in [0.15, 0.2) is 0 Å². The van der Waals surface area contributed by atoms with E-state index in [-0.39, 0.29) is 0 Å². The first kappa shape index (κ1) is 9.85. The summed E-state index contributed by atoms with van der Waals surface area (Å²) >= 11 is 0. The summed E-state index contributed by atoms with van der Waals surface area (Å²) in [5.41, 5.74) is 3.48. The Kier molecular flexibility index (Phi) is 2.21. The molecule has 1 aliphatic carbocycles. The Balaban J connectivity index is 2.02. The lowest BCUT2D eigenvalue weighted by atomic mass is 9.91. The van der Waals surface area contributed by atoms with Crippen LogP contribution in [-0.2, 0) is 11.2 Å². The van der Waals surface area contributed by atoms with Crippen LogP contribution in [0.5, 0.6) is 0 Å². The van der Waals surface area contributed by atoms with Gasteiger partial charge in [-0.1, -0.05) is 18.2 Å². The van der Waals surface area contributed by atoms with Crippen molar-refractivity contribution in [2.24, 2.45) is 0 Å². The van der Waals surface area contributed by atoms with Crippen LogP contribution in [0, 0.1) is 0 Å². The van der Waals surface area contributed by atoms with E-state index in [1.165, 1.54) is 24.0 Å². The summed E-state index contributed by atoms with van der Waals surface area (Å²) in [6, 6.07) is 5.86. The Labute approximate surface area is 94.5 Å². The molecule has 0 saturated heterocycles. The number of aliphatic carboxylic acids is 1. The van der Waals surface area contributed by atoms with Gasteiger partial charge in [0.1, 0.15) is 6.04 Å². The maximum Gasteiger partial charge on any atom is 0.325 e. The number of nitrogens with one attached hydrogen (secondary N) is 1. The molecule has 1 saturated carbocycles. The van der Waals surface area contributed by atoms with Crippen LogP contribution in [0.25, 0.3) is 0 Å². The molecule has 2 aliphatic rings. The van der Waals surface area contributed by atoms with Gasteiger partial charge in [-0.2, -0.15) is 0 Å². The van der Waals surface area contributed by atoms with Crippen LogP contribution in [0.3, 0.4) is 0 Å². The van der Waals surface area contributed by atoms with Crippen LogP contribution in [-0.4, -0.2) is 17.6 Å². The number of carboxylic acid groups (broad SMARTS) is 1. The van der Waals surface area contributed by atoms with Crippen molar-refractivity contribution < 1.29 is 9.90 Å². The fourth-order valence-electron chi connectivity index (χ4n) is 2.46. The van der Waals surface area contributed by atoms with Gasteiger partial charge < -0.3 is 10.4 Å². The zero-order valence-corrected chi connectivity index (χ0v) is 9.07. The van der Waals surface area contributed by atoms with Crippen LogP contribution in [0.2, 0.25) is 0 Å². The van der Waals surface area contributed by atoms with Gasteiger partial charge in [0, 0.05) is 6.54 Å². The van der Waals surface area contributed by atoms with Crippen molar-refractivity contribution in [3.8, 4) is 0 Å². The Morgan fingerprint density at radius 1 is 1.38 bits per heavy atom. The molecule has 1 heterocycles. The molecule has 84 valence electrons. The Morgan fingerprint density at radius 3 is 2.88 bits per heavy atom. The van der Waals surface area contributed by atoms with E-state index in [1.54, 1.807) is 0 Å². The Bertz CT molecular complexity index is 438. The van der Waals surface area contributed by atoms with E-state index >= 15 is 0 Å². The van der Waals surface area contributed by atoms with Crippen LogP contribution >= 0.6 is 0 Å². The standard InChI is InChI=1S/C13H15NO2/c15-13(16)12-11-7-10(8-1-2-8)4-3-9(11)5-6-14-12/h3-4,7-8,12,14H,1-2,5-6H2,(H,15,16). The SMILES string of the molecule is O=C(O)C1NCCc2ccc(C3CC3)cc21. The highest BCUT2D eigenvalue weighted by Crippen LogP contribution is 2.41. The minimum absolute atomic E-state index is 0.512. The number of hydrogen-bond acceptors (Lipinski definition) is 2. The number of benzene rings is 1. The van der Waals surface area contributed by atoms with Crippen molar-refractivity contribution in [1.29, 1.82) is 0 Å². The molecular weight excluding hydrogens is 202 g/mol. The first-order valence-corrected chi connectivity index (χ1v) is 5.84. The van der Waals surface area contributed by atoms with E-state index in [2.05, 4.69) is 23.5 Å². The van der Waals surface area contributed by atoms with E-state index in [0.29, 0.717) is 5.92 Å². The van der Waals surface area contributed by atoms with Gasteiger partial charge in [-0.25, -0.2) is 0 Å². The molecule has 0 radical (unpaired) electrons. The molecule has 3 heteroatoms. The molecule has 0 spiro atoms. The number of carbonyl (C=O) groups is 1. The van der Waals surface area contributed by atoms with Crippen LogP contribution in [0.4, 0.5) is 0 Å². The van der Waals surface area contributed by atoms with Crippen LogP contribution in [0.1, 0.15) is 41.5 Å². The lowest BCUT2D eigenvalue weighted by Crippen LogP contribution is -2.35. The Morgan fingerprint density at radius 2 is 2.19 bits per heavy atom. The lowest BCUT2D eigenvalue weighted by molar-refractivity contribution is -0.139. The maximum atomic E-state index is 11.2. The number of fused-ring (bicyclic) bond motifs is 1. The molecule has 16 heavy (non-hydrogen) atoms. The summed E-state index contributed by atoms with van der Waals surface area (Å²) in [5.74, 6) is -0.0874. The van der Waals surface area contributed by atoms with Gasteiger partial charge in [-0.05, 0) is 41.9 Å². The third-order valence-corrected chi connectivity index (χ3v) is 3.52. The summed E-state index contributed by atoms with van der Waals surface area (Å²) in [6.07, 6.45) is 3.44. The van der Waals surface area contributed by atoms with Gasteiger partial charge in [0.05, 0.1) is 0 Å². The Hall–Kier alpha value is -1.35. The van der Waals surface area contributed by atoms with Crippen molar-refractivity contribution in [3.05, 3.63) is 34.9 Å². The molecule has 1 aromatic carbocycles. The fourth-order valence-corrected chi connectivity index (χ4v) is 2.46. The molecule has 0 aromatic heterocycles. The zero-order chi connectivity index (χ0) is 11.1. The van der Waals surface area contributed by atoms with E-state index in [0.717, 1.165) is 18.5 Å². The summed E-state index contributed by atoms with van der Waals surface area (Å²) in [5, 5.41) is 12.2. The molecular formula is C13H15NO2. The van der Waals surface area contributed by atoms with E-state index < -0.39 is 12.0 Å². The molecule has 1 atom stereocenters. The van der Waals surface area contributed by atoms with Gasteiger partial charge >= 0.3 is 5.97 Å². The molecule has 0 bridgehead atoms. The predicted octanol–water partition coefficient (Wildman–Crippen LogP) is 1.84. The number of carboxylic acids is 1. The van der Waals surface area contributed by atoms with E-state index in [4.69, 9.17) is 5.11 Å². The van der Waals surface area contributed by atoms with Crippen molar-refractivity contribution in [1.82, 2.24) is 5.32 Å². The number of hydrogen-bond donors (Lipinski definition) is 2. The van der Waals surface area contributed by atoms with Gasteiger partial charge in [-0.15, -0.1) is 0 Å². The summed E-state index contributed by atoms with van der Waals surface area (Å²) in [7, 11) is 0. The molecule has 1 unspecified atom stereocenters. The highest BCUT2D eigenvalue weighted by molar-refractivity contribution is 5.76. The van der Waals surface area contributed by atoms with Crippen molar-refractivity contribution in [2.75, 3.05) is 6.54 Å². The minimum Gasteiger partial charge on any atom is -0.480 e. The molecule has 0 amide bonds. The third kappa shape index (κ3) is 1.61. The second-order valence-electron chi connectivity index (χ2n) is 4.71. The second-order valence-corrected chi connectivity index (χ2v) is 4.71. The normalized spacial score (nSPS) is 23.9. The molecule has 2 N–H and O–H groups in total. The smallest absolute Gasteiger partial charge is 0.325 e. The van der Waals surface area contributed by atoms with Gasteiger partial charge in [-0.3, -0.25) is 4.79 Å². The third-order valence-electron chi connectivity index (χ3n) is 3.52. The largest absolute Gasteiger partial charge is 0.480 e. The molecule has 1 aliphatic heterocycles. The van der Waals surface area contributed by atoms with Crippen molar-refractivity contribution in [3.63, 3.8) is 0 Å². The first-order valence-electron chi connectivity index (χ1n) is 5.84. The lowest BCUT2D eigenvalue weighted by Gasteiger charge is -2.24. The van der Waals surface area contributed by atoms with Crippen LogP contribution < -0.4 is 5.32 Å². The van der Waals surface area contributed by atoms with E-state index in [9.17, 15) is 4.79 Å². The van der Waals surface area contributed by atoms with Crippen molar-refractivity contribution in [2.45, 2.75) is 31.2 Å². The topological polar surface area (TPSA) is 49.3 Å². The highest BCUT2D eigenvalue weighted by atomic mass is 16.4. The zero-order valence-electron chi connectivity index (χ0n) is 9.07. The summed E-state index contributed by atoms with van der Waals surface area (Å²) in [6.45, 7) is 0.757. The summed E-state index contributed by atoms with van der Waals surface area (Å²) in [4.78, 5) is 11.2. The average molecular weight is 217 g/mol. The quantitative estimate of drug-likeness (QED) is 0.794. The molecule has 1 fully saturated rings. The highest BCUT2D eigenvalue weighted by Gasteiger charge is 2.29. The molecule has 3 rings (SSSR count). The van der Waals surface area contributed by atoms with Crippen LogP contribution in [0.15, 0.2) is 18.2 Å². The van der Waals surface area contributed by atoms with Crippen molar-refractivity contribution >= 4 is 5.97 Å². The second kappa shape index (κ2) is 3.59. The average Bonchev–Trinajstić information content (AvgIpc) is 3.11. The van der Waals surface area contributed by atoms with Gasteiger partial charge in [0.25, 0.3) is 0 Å². The summed E-state index contributed by atoms with van der Waals surface area (Å²) < 4.78 is 0. The fraction of sp³-hybridized carbons (Fsp3) is 0.462. The molecule has 1 aromatic rings.